The molecule has 1 N–H and O–H groups in total. The molecule has 4 aromatic rings. The molecule has 52 heavy (non-hydrogen) atoms. The average molecular weight is 729 g/mol. The van der Waals surface area contributed by atoms with E-state index in [1.165, 1.54) is 0 Å². The van der Waals surface area contributed by atoms with E-state index >= 15 is 0 Å². The van der Waals surface area contributed by atoms with Gasteiger partial charge in [0.15, 0.2) is 14.6 Å². The Hall–Kier alpha value is -3.22. The quantitative estimate of drug-likeness (QED) is 0.0971. The van der Waals surface area contributed by atoms with Gasteiger partial charge in [0, 0.05) is 0 Å². The lowest BCUT2D eigenvalue weighted by Crippen LogP contribution is -2.62. The molecule has 9 heteroatoms. The molecule has 8 nitrogen and oxygen atoms in total. The summed E-state index contributed by atoms with van der Waals surface area (Å²) in [5.41, 5.74) is 4.10. The maximum atomic E-state index is 11.1. The molecule has 5 rings (SSSR count). The number of rotatable bonds is 19. The molecule has 0 saturated carbocycles. The van der Waals surface area contributed by atoms with Crippen molar-refractivity contribution in [3.05, 3.63) is 144 Å². The second kappa shape index (κ2) is 19.7. The summed E-state index contributed by atoms with van der Waals surface area (Å²) >= 11 is 0. The van der Waals surface area contributed by atoms with Crippen LogP contribution in [-0.4, -0.2) is 70.1 Å². The summed E-state index contributed by atoms with van der Waals surface area (Å²) in [6.07, 6.45) is -4.23. The molecular weight excluding hydrogens is 673 g/mol. The van der Waals surface area contributed by atoms with Gasteiger partial charge in [0.25, 0.3) is 0 Å². The van der Waals surface area contributed by atoms with E-state index in [0.29, 0.717) is 26.4 Å². The first-order valence-electron chi connectivity index (χ1n) is 18.3. The lowest BCUT2D eigenvalue weighted by Gasteiger charge is -2.46. The van der Waals surface area contributed by atoms with Crippen molar-refractivity contribution in [2.45, 2.75) is 102 Å². The topological polar surface area (TPSA) is 84.8 Å². The SMILES string of the molecule is CC(C)(C)[Si](C)(C)OC[C@H](O)CO[C@@H]1O[C@H](COCc2ccccc2)[C@@H](OCc2ccccc2)[C@H](OCc2ccccc2)[C@H]1OCc1ccccc1. The summed E-state index contributed by atoms with van der Waals surface area (Å²) < 4.78 is 45.9. The third-order valence-electron chi connectivity index (χ3n) is 9.74. The van der Waals surface area contributed by atoms with Crippen LogP contribution in [0.5, 0.6) is 0 Å². The number of ether oxygens (including phenoxy) is 6. The van der Waals surface area contributed by atoms with Crippen molar-refractivity contribution in [2.24, 2.45) is 0 Å². The van der Waals surface area contributed by atoms with Gasteiger partial charge in [-0.15, -0.1) is 0 Å². The normalized spacial score (nSPS) is 21.5. The molecule has 0 aliphatic carbocycles. The molecule has 280 valence electrons. The van der Waals surface area contributed by atoms with E-state index in [1.807, 2.05) is 121 Å². The minimum Gasteiger partial charge on any atom is -0.414 e. The molecule has 0 bridgehead atoms. The molecular formula is C43H56O8Si. The van der Waals surface area contributed by atoms with Crippen LogP contribution in [0.15, 0.2) is 121 Å². The van der Waals surface area contributed by atoms with E-state index in [4.69, 9.17) is 32.8 Å². The molecule has 0 aromatic heterocycles. The molecule has 1 aliphatic heterocycles. The third-order valence-corrected chi connectivity index (χ3v) is 14.2. The fourth-order valence-electron chi connectivity index (χ4n) is 5.66. The smallest absolute Gasteiger partial charge is 0.192 e. The Morgan fingerprint density at radius 3 is 1.46 bits per heavy atom. The van der Waals surface area contributed by atoms with Crippen LogP contribution in [0.25, 0.3) is 0 Å². The standard InChI is InChI=1S/C43H56O8Si/c1-43(2,3)52(4,5)50-31-37(44)30-49-42-41(48-29-36-24-16-9-17-25-36)40(47-28-35-22-14-8-15-23-35)39(46-27-34-20-12-7-13-21-34)38(51-42)32-45-26-33-18-10-6-11-19-33/h6-25,37-42,44H,26-32H2,1-5H3/t37-,38-,39-,40+,41-,42-/m1/s1. The molecule has 4 aromatic carbocycles. The zero-order valence-corrected chi connectivity index (χ0v) is 32.3. The van der Waals surface area contributed by atoms with Crippen LogP contribution in [0.4, 0.5) is 0 Å². The van der Waals surface area contributed by atoms with Crippen molar-refractivity contribution in [1.82, 2.24) is 0 Å². The van der Waals surface area contributed by atoms with Crippen molar-refractivity contribution in [1.29, 1.82) is 0 Å². The van der Waals surface area contributed by atoms with E-state index in [-0.39, 0.29) is 24.9 Å². The Balaban J connectivity index is 1.41. The van der Waals surface area contributed by atoms with E-state index in [9.17, 15) is 5.11 Å². The van der Waals surface area contributed by atoms with Crippen LogP contribution in [0.3, 0.4) is 0 Å². The highest BCUT2D eigenvalue weighted by atomic mass is 28.4. The maximum Gasteiger partial charge on any atom is 0.192 e. The molecule has 1 heterocycles. The van der Waals surface area contributed by atoms with E-state index in [1.54, 1.807) is 0 Å². The second-order valence-corrected chi connectivity index (χ2v) is 19.7. The van der Waals surface area contributed by atoms with Crippen LogP contribution in [0.2, 0.25) is 18.1 Å². The first-order chi connectivity index (χ1) is 25.1. The van der Waals surface area contributed by atoms with Crippen molar-refractivity contribution in [2.75, 3.05) is 19.8 Å². The van der Waals surface area contributed by atoms with Crippen LogP contribution >= 0.6 is 0 Å². The van der Waals surface area contributed by atoms with Crippen LogP contribution in [-0.2, 0) is 59.3 Å². The zero-order valence-electron chi connectivity index (χ0n) is 31.3. The van der Waals surface area contributed by atoms with Gasteiger partial charge in [-0.25, -0.2) is 0 Å². The molecule has 1 fully saturated rings. The van der Waals surface area contributed by atoms with Gasteiger partial charge >= 0.3 is 0 Å². The number of hydrogen-bond donors (Lipinski definition) is 1. The van der Waals surface area contributed by atoms with Gasteiger partial charge in [0.05, 0.1) is 52.4 Å². The third kappa shape index (κ3) is 12.2. The monoisotopic (exact) mass is 728 g/mol. The minimum atomic E-state index is -2.08. The zero-order chi connectivity index (χ0) is 36.8. The van der Waals surface area contributed by atoms with E-state index < -0.39 is 45.1 Å². The van der Waals surface area contributed by atoms with E-state index in [0.717, 1.165) is 22.3 Å². The van der Waals surface area contributed by atoms with Crippen molar-refractivity contribution >= 4 is 8.32 Å². The van der Waals surface area contributed by atoms with Gasteiger partial charge in [-0.2, -0.15) is 0 Å². The Labute approximate surface area is 311 Å². The van der Waals surface area contributed by atoms with Gasteiger partial charge in [-0.3, -0.25) is 0 Å². The lowest BCUT2D eigenvalue weighted by molar-refractivity contribution is -0.331. The number of benzene rings is 4. The Kier molecular flexibility index (Phi) is 15.2. The van der Waals surface area contributed by atoms with Gasteiger partial charge in [0.2, 0.25) is 0 Å². The Morgan fingerprint density at radius 2 is 1.00 bits per heavy atom. The van der Waals surface area contributed by atoms with Crippen LogP contribution in [0, 0.1) is 0 Å². The minimum absolute atomic E-state index is 0.0109. The Morgan fingerprint density at radius 1 is 0.577 bits per heavy atom. The van der Waals surface area contributed by atoms with Gasteiger partial charge in [-0.05, 0) is 40.4 Å². The molecule has 6 atom stereocenters. The first kappa shape index (κ1) is 40.0. The molecule has 0 spiro atoms. The number of aliphatic hydroxyl groups is 1. The summed E-state index contributed by atoms with van der Waals surface area (Å²) in [4.78, 5) is 0. The van der Waals surface area contributed by atoms with Crippen LogP contribution < -0.4 is 0 Å². The largest absolute Gasteiger partial charge is 0.414 e. The predicted octanol–water partition coefficient (Wildman–Crippen LogP) is 8.08. The van der Waals surface area contributed by atoms with Gasteiger partial charge in [-0.1, -0.05) is 142 Å². The second-order valence-electron chi connectivity index (χ2n) is 14.9. The summed E-state index contributed by atoms with van der Waals surface area (Å²) in [5, 5.41) is 11.1. The fraction of sp³-hybridized carbons (Fsp3) is 0.442. The average Bonchev–Trinajstić information content (AvgIpc) is 3.15. The van der Waals surface area contributed by atoms with Crippen molar-refractivity contribution in [3.63, 3.8) is 0 Å². The summed E-state index contributed by atoms with van der Waals surface area (Å²) in [7, 11) is -2.08. The highest BCUT2D eigenvalue weighted by molar-refractivity contribution is 6.74. The summed E-state index contributed by atoms with van der Waals surface area (Å²) in [6, 6.07) is 40.1. The van der Waals surface area contributed by atoms with Gasteiger partial charge < -0.3 is 38.0 Å². The molecule has 1 aliphatic rings. The van der Waals surface area contributed by atoms with Crippen molar-refractivity contribution in [3.8, 4) is 0 Å². The molecule has 1 saturated heterocycles. The maximum absolute atomic E-state index is 11.1. The van der Waals surface area contributed by atoms with Crippen molar-refractivity contribution < 1.29 is 38.0 Å². The summed E-state index contributed by atoms with van der Waals surface area (Å²) in [6.45, 7) is 12.6. The highest BCUT2D eigenvalue weighted by Crippen LogP contribution is 2.37. The fourth-order valence-corrected chi connectivity index (χ4v) is 6.70. The van der Waals surface area contributed by atoms with E-state index in [2.05, 4.69) is 33.9 Å². The van der Waals surface area contributed by atoms with Gasteiger partial charge in [0.1, 0.15) is 24.4 Å². The predicted molar refractivity (Wildman–Crippen MR) is 205 cm³/mol. The molecule has 0 unspecified atom stereocenters. The highest BCUT2D eigenvalue weighted by Gasteiger charge is 2.49. The lowest BCUT2D eigenvalue weighted by atomic mass is 9.97. The Bertz CT molecular complexity index is 1550. The number of aliphatic hydroxyl groups excluding tert-OH is 1. The molecule has 0 radical (unpaired) electrons. The number of hydrogen-bond acceptors (Lipinski definition) is 8. The van der Waals surface area contributed by atoms with Crippen LogP contribution in [0.1, 0.15) is 43.0 Å². The first-order valence-corrected chi connectivity index (χ1v) is 21.2. The summed E-state index contributed by atoms with van der Waals surface area (Å²) in [5.74, 6) is 0. The molecule has 0 amide bonds.